The predicted octanol–water partition coefficient (Wildman–Crippen LogP) is -8.52. The van der Waals surface area contributed by atoms with Crippen molar-refractivity contribution >= 4 is 31.3 Å². The van der Waals surface area contributed by atoms with Crippen molar-refractivity contribution in [2.45, 2.75) is 125 Å². The van der Waals surface area contributed by atoms with Crippen LogP contribution in [-0.4, -0.2) is 217 Å². The van der Waals surface area contributed by atoms with Crippen LogP contribution in [0.25, 0.3) is 0 Å². The predicted molar refractivity (Wildman–Crippen MR) is 280 cm³/mol. The van der Waals surface area contributed by atoms with Crippen molar-refractivity contribution in [3.05, 3.63) is 130 Å². The molecule has 52 heteroatoms. The average Bonchev–Trinajstić information content (AvgIpc) is 1.57. The highest BCUT2D eigenvalue weighted by Crippen LogP contribution is 2.47. The van der Waals surface area contributed by atoms with Crippen molar-refractivity contribution in [2.75, 3.05) is 26.3 Å². The van der Waals surface area contributed by atoms with E-state index in [1.165, 1.54) is 27.7 Å². The fourth-order valence-electron chi connectivity index (χ4n) is 7.54. The van der Waals surface area contributed by atoms with E-state index in [4.69, 9.17) is 52.1 Å². The first-order valence-electron chi connectivity index (χ1n) is 27.2. The third-order valence-electron chi connectivity index (χ3n) is 12.1. The number of phosphoric ester groups is 4. The molecule has 0 unspecified atom stereocenters. The van der Waals surface area contributed by atoms with Gasteiger partial charge >= 0.3 is 54.0 Å². The number of alkyl halides is 4. The Hall–Kier alpha value is -5.60. The Labute approximate surface area is 511 Å². The SMILES string of the molecule is Cc1cn([C@@H]2O[C@](F)(COP(=O)(O)O)[C@@H](O)[C@H]2O)c(=O)[nH]c1=O.[2H]C([2H])(OP(=O)(O)O)[C@@]1(F)O[C@@H](n2cc(C)c(=O)[nH]c2=O)[C@H](O)[C@@H]1O.[2H]C([2H])(OP(=O)(O)O)[C@@]1(F)O[C@@]([2H])(n2cc(C)c(=O)[nH]c2=O)[C@H](O)[C@@H]1O.[2H][C@@]1(n2cc(C)c(=O)[nH]c2=O)O[C@](F)(COP(=O)(O)O)[C@@H](O)[C@H]1O. The maximum atomic E-state index is 15.0. The molecule has 4 aromatic heterocycles. The summed E-state index contributed by atoms with van der Waals surface area (Å²) in [6, 6.07) is 0. The number of aliphatic hydroxyl groups is 8. The third kappa shape index (κ3) is 18.4. The van der Waals surface area contributed by atoms with Gasteiger partial charge in [-0.15, -0.1) is 0 Å². The van der Waals surface area contributed by atoms with Gasteiger partial charge in [-0.2, -0.15) is 0 Å². The number of hydrogen-bond acceptors (Lipinski definition) is 28. The van der Waals surface area contributed by atoms with Gasteiger partial charge in [0.15, 0.2) is 24.9 Å². The van der Waals surface area contributed by atoms with Crippen LogP contribution in [0.1, 0.15) is 55.3 Å². The Balaban J connectivity index is 0.000000236. The Morgan fingerprint density at radius 3 is 0.967 bits per heavy atom. The molecule has 16 atom stereocenters. The summed E-state index contributed by atoms with van der Waals surface area (Å²) in [6.45, 7) is -5.80. The summed E-state index contributed by atoms with van der Waals surface area (Å²) in [7, 11) is -21.4. The first kappa shape index (κ1) is 67.8. The lowest BCUT2D eigenvalue weighted by Gasteiger charge is -2.22. The molecule has 8 rings (SSSR count). The molecule has 8 heterocycles. The zero-order valence-electron chi connectivity index (χ0n) is 51.9. The van der Waals surface area contributed by atoms with Gasteiger partial charge in [0.05, 0.1) is 8.22 Å². The zero-order valence-corrected chi connectivity index (χ0v) is 49.5. The molecule has 44 nitrogen and oxygen atoms in total. The number of H-pyrrole nitrogens is 4. The van der Waals surface area contributed by atoms with Crippen molar-refractivity contribution in [1.29, 1.82) is 0 Å². The first-order chi connectivity index (χ1) is 44.0. The summed E-state index contributed by atoms with van der Waals surface area (Å²) in [5, 5.41) is 78.7. The molecule has 4 fully saturated rings. The number of aromatic amines is 4. The number of hydrogen-bond donors (Lipinski definition) is 20. The number of aryl methyl sites for hydroxylation is 4. The minimum absolute atomic E-state index is 0.0456. The smallest absolute Gasteiger partial charge is 0.385 e. The molecule has 20 N–H and O–H groups in total. The van der Waals surface area contributed by atoms with Crippen molar-refractivity contribution in [3.63, 3.8) is 0 Å². The quantitative estimate of drug-likeness (QED) is 0.0366. The molecule has 0 aromatic carbocycles. The number of phosphoric acid groups is 4. The van der Waals surface area contributed by atoms with Crippen LogP contribution < -0.4 is 45.0 Å². The highest BCUT2D eigenvalue weighted by atomic mass is 31.2. The van der Waals surface area contributed by atoms with Gasteiger partial charge < -0.3 is 98.9 Å². The molecule has 4 saturated heterocycles. The Morgan fingerprint density at radius 2 is 0.652 bits per heavy atom. The van der Waals surface area contributed by atoms with Crippen LogP contribution in [0.4, 0.5) is 17.6 Å². The molecule has 92 heavy (non-hydrogen) atoms. The minimum Gasteiger partial charge on any atom is -0.385 e. The average molecular weight is 1430 g/mol. The lowest BCUT2D eigenvalue weighted by atomic mass is 10.1. The fourth-order valence-corrected chi connectivity index (χ4v) is 8.72. The number of aromatic nitrogens is 8. The van der Waals surface area contributed by atoms with E-state index >= 15 is 0 Å². The van der Waals surface area contributed by atoms with Gasteiger partial charge in [-0.25, -0.2) is 55.0 Å². The standard InChI is InChI=1S/4C10H14FN2O9P/c4*1-4-2-13(9(17)12-7(4)16)8-5(14)6(15)10(11,22-8)3-21-23(18,19)20/h4*2,5-6,8,14-15H,3H2,1H3,(H,12,16,17)(H2,18,19,20)/t4*5-,6+,8-,10-/m1111/s1/i3D2,8D;8D;3D2;. The summed E-state index contributed by atoms with van der Waals surface area (Å²) in [6.07, 6.45) is -26.0. The highest BCUT2D eigenvalue weighted by molar-refractivity contribution is 7.47. The zero-order chi connectivity index (χ0) is 75.7. The van der Waals surface area contributed by atoms with Crippen molar-refractivity contribution in [2.24, 2.45) is 0 Å². The summed E-state index contributed by atoms with van der Waals surface area (Å²) in [5.41, 5.74) is -8.15. The lowest BCUT2D eigenvalue weighted by molar-refractivity contribution is -0.205. The van der Waals surface area contributed by atoms with E-state index in [-0.39, 0.29) is 26.8 Å². The second-order valence-corrected chi connectivity index (χ2v) is 24.0. The summed E-state index contributed by atoms with van der Waals surface area (Å²) in [4.78, 5) is 169. The van der Waals surface area contributed by atoms with E-state index in [1.807, 2.05) is 15.0 Å². The lowest BCUT2D eigenvalue weighted by Crippen LogP contribution is -2.43. The van der Waals surface area contributed by atoms with Crippen LogP contribution in [0.3, 0.4) is 0 Å². The fraction of sp³-hybridized carbons (Fsp3) is 0.600. The normalized spacial score (nSPS) is 34.3. The molecule has 0 amide bonds. The van der Waals surface area contributed by atoms with E-state index < -0.39 is 200 Å². The molecule has 520 valence electrons. The van der Waals surface area contributed by atoms with Gasteiger partial charge in [0.1, 0.15) is 75.2 Å². The number of nitrogens with one attached hydrogen (secondary N) is 4. The van der Waals surface area contributed by atoms with Gasteiger partial charge in [0.25, 0.3) is 45.7 Å². The number of ether oxygens (including phenoxy) is 4. The van der Waals surface area contributed by atoms with E-state index in [1.54, 1.807) is 4.98 Å². The minimum atomic E-state index is -5.63. The Kier molecular flexibility index (Phi) is 20.9. The second kappa shape index (κ2) is 28.4. The van der Waals surface area contributed by atoms with E-state index in [0.29, 0.717) is 19.9 Å². The molecule has 4 aliphatic heterocycles. The molecular weight excluding hydrogens is 1370 g/mol. The topological polar surface area (TPSA) is 685 Å². The molecule has 0 radical (unpaired) electrons. The maximum Gasteiger partial charge on any atom is 0.469 e. The summed E-state index contributed by atoms with van der Waals surface area (Å²) < 4.78 is 182. The molecular formula is C40H56F4N8O36P4. The van der Waals surface area contributed by atoms with Gasteiger partial charge in [0, 0.05) is 47.0 Å². The number of halogens is 4. The molecule has 4 aromatic rings. The van der Waals surface area contributed by atoms with E-state index in [2.05, 4.69) is 32.3 Å². The summed E-state index contributed by atoms with van der Waals surface area (Å²) in [5.74, 6) is -14.7. The van der Waals surface area contributed by atoms with Crippen molar-refractivity contribution in [1.82, 2.24) is 38.2 Å². The Morgan fingerprint density at radius 1 is 0.424 bits per heavy atom. The highest BCUT2D eigenvalue weighted by Gasteiger charge is 2.61. The van der Waals surface area contributed by atoms with Crippen LogP contribution in [0.2, 0.25) is 0 Å². The number of aliphatic hydroxyl groups excluding tert-OH is 8. The number of nitrogens with zero attached hydrogens (tertiary/aromatic N) is 4. The summed E-state index contributed by atoms with van der Waals surface area (Å²) >= 11 is 0. The number of rotatable bonds is 16. The molecule has 0 bridgehead atoms. The molecule has 0 spiro atoms. The monoisotopic (exact) mass is 1430 g/mol. The maximum absolute atomic E-state index is 15.0. The van der Waals surface area contributed by atoms with Crippen LogP contribution in [0, 0.1) is 27.7 Å². The van der Waals surface area contributed by atoms with Gasteiger partial charge in [0.2, 0.25) is 0 Å². The van der Waals surface area contributed by atoms with Crippen LogP contribution in [-0.2, 0) is 55.3 Å². The molecule has 4 aliphatic rings. The largest absolute Gasteiger partial charge is 0.469 e. The van der Waals surface area contributed by atoms with Crippen molar-refractivity contribution in [3.8, 4) is 0 Å². The third-order valence-corrected chi connectivity index (χ3v) is 13.7. The second-order valence-electron chi connectivity index (χ2n) is 19.1. The van der Waals surface area contributed by atoms with Crippen LogP contribution in [0.5, 0.6) is 0 Å². The van der Waals surface area contributed by atoms with Crippen LogP contribution in [0.15, 0.2) is 63.1 Å². The van der Waals surface area contributed by atoms with Crippen molar-refractivity contribution < 1.29 is 161 Å². The Bertz CT molecular complexity index is 4380. The molecule has 0 saturated carbocycles. The van der Waals surface area contributed by atoms with Gasteiger partial charge in [-0.3, -0.25) is 75.5 Å². The first-order valence-corrected chi connectivity index (χ1v) is 30.3. The molecule has 0 aliphatic carbocycles. The van der Waals surface area contributed by atoms with E-state index in [9.17, 15) is 115 Å². The van der Waals surface area contributed by atoms with Gasteiger partial charge in [-0.05, 0) is 27.7 Å². The van der Waals surface area contributed by atoms with Gasteiger partial charge in [-0.1, -0.05) is 0 Å². The van der Waals surface area contributed by atoms with E-state index in [0.717, 1.165) is 18.6 Å². The van der Waals surface area contributed by atoms with Crippen LogP contribution >= 0.6 is 31.3 Å².